The minimum Gasteiger partial charge on any atom is -0.339 e. The van der Waals surface area contributed by atoms with Gasteiger partial charge in [0, 0.05) is 12.8 Å². The van der Waals surface area contributed by atoms with Crippen molar-refractivity contribution in [2.45, 2.75) is 49.1 Å². The summed E-state index contributed by atoms with van der Waals surface area (Å²) < 4.78 is 121. The third kappa shape index (κ3) is 5.98. The van der Waals surface area contributed by atoms with Gasteiger partial charge in [-0.05, 0) is 12.1 Å². The highest BCUT2D eigenvalue weighted by molar-refractivity contribution is 6.73. The Kier molecular flexibility index (Phi) is 5.75. The molecule has 0 aliphatic carbocycles. The molecule has 0 rings (SSSR count). The van der Waals surface area contributed by atoms with Crippen LogP contribution in [0, 0.1) is 0 Å². The van der Waals surface area contributed by atoms with Gasteiger partial charge in [-0.25, -0.2) is 0 Å². The maximum absolute atomic E-state index is 12.6. The molecule has 0 unspecified atom stereocenters. The molecule has 2 nitrogen and oxygen atoms in total. The number of hydrogen-bond acceptors (Lipinski definition) is 2. The summed E-state index contributed by atoms with van der Waals surface area (Å²) in [6.07, 6.45) is -15.4. The summed E-state index contributed by atoms with van der Waals surface area (Å²) in [7, 11) is -4.04. The number of nitrogens with two attached hydrogens (primary N) is 2. The molecule has 0 spiro atoms. The highest BCUT2D eigenvalue weighted by atomic mass is 28.3. The SMILES string of the molecule is N[Si](N)(CCC(F)(F)C(F)(F)F)CCC(F)(F)C(F)(F)F. The van der Waals surface area contributed by atoms with Gasteiger partial charge in [-0.15, -0.1) is 0 Å². The Morgan fingerprint density at radius 3 is 1.00 bits per heavy atom. The molecule has 0 fully saturated rings. The van der Waals surface area contributed by atoms with Gasteiger partial charge in [0.05, 0.1) is 0 Å². The van der Waals surface area contributed by atoms with Crippen molar-refractivity contribution in [3.8, 4) is 0 Å². The minimum absolute atomic E-state index is 1.15. The van der Waals surface area contributed by atoms with E-state index in [0.717, 1.165) is 0 Å². The Morgan fingerprint density at radius 2 is 0.810 bits per heavy atom. The van der Waals surface area contributed by atoms with Crippen molar-refractivity contribution in [2.75, 3.05) is 0 Å². The first-order valence-electron chi connectivity index (χ1n) is 5.38. The summed E-state index contributed by atoms with van der Waals surface area (Å²) in [5.41, 5.74) is 0. The van der Waals surface area contributed by atoms with Gasteiger partial charge in [-0.1, -0.05) is 0 Å². The van der Waals surface area contributed by atoms with Crippen LogP contribution in [0.1, 0.15) is 12.8 Å². The molecule has 21 heavy (non-hydrogen) atoms. The average molecular weight is 354 g/mol. The van der Waals surface area contributed by atoms with Gasteiger partial charge in [0.25, 0.3) is 0 Å². The molecule has 0 saturated carbocycles. The van der Waals surface area contributed by atoms with Gasteiger partial charge < -0.3 is 10.8 Å². The lowest BCUT2D eigenvalue weighted by molar-refractivity contribution is -0.283. The van der Waals surface area contributed by atoms with E-state index in [1.807, 2.05) is 0 Å². The van der Waals surface area contributed by atoms with E-state index in [1.54, 1.807) is 0 Å². The monoisotopic (exact) mass is 354 g/mol. The summed E-state index contributed by atoms with van der Waals surface area (Å²) in [6.45, 7) is 0. The largest absolute Gasteiger partial charge is 0.453 e. The second-order valence-corrected chi connectivity index (χ2v) is 8.10. The van der Waals surface area contributed by atoms with E-state index in [9.17, 15) is 43.9 Å². The predicted molar refractivity (Wildman–Crippen MR) is 55.0 cm³/mol. The quantitative estimate of drug-likeness (QED) is 0.566. The highest BCUT2D eigenvalue weighted by Gasteiger charge is 2.59. The lowest BCUT2D eigenvalue weighted by Gasteiger charge is -2.27. The van der Waals surface area contributed by atoms with Crippen LogP contribution in [0.4, 0.5) is 43.9 Å². The smallest absolute Gasteiger partial charge is 0.339 e. The number of hydrogen-bond donors (Lipinski definition) is 2. The summed E-state index contributed by atoms with van der Waals surface area (Å²) in [6, 6.07) is -2.29. The van der Waals surface area contributed by atoms with Gasteiger partial charge in [0.15, 0.2) is 8.40 Å². The fourth-order valence-electron chi connectivity index (χ4n) is 1.19. The Morgan fingerprint density at radius 1 is 0.571 bits per heavy atom. The summed E-state index contributed by atoms with van der Waals surface area (Å²) in [5, 5.41) is 10.3. The zero-order valence-corrected chi connectivity index (χ0v) is 11.3. The molecule has 0 aliphatic rings. The first kappa shape index (κ1) is 20.4. The van der Waals surface area contributed by atoms with Crippen LogP contribution in [-0.2, 0) is 0 Å². The molecular weight excluding hydrogens is 342 g/mol. The van der Waals surface area contributed by atoms with Crippen molar-refractivity contribution in [3.05, 3.63) is 0 Å². The lowest BCUT2D eigenvalue weighted by Crippen LogP contribution is -2.57. The fraction of sp³-hybridized carbons (Fsp3) is 1.00. The zero-order chi connectivity index (χ0) is 17.3. The lowest BCUT2D eigenvalue weighted by atomic mass is 10.2. The molecule has 0 aromatic carbocycles. The van der Waals surface area contributed by atoms with E-state index in [2.05, 4.69) is 0 Å². The average Bonchev–Trinajstić information content (AvgIpc) is 2.21. The normalized spacial score (nSPS) is 15.4. The Balaban J connectivity index is 4.60. The van der Waals surface area contributed by atoms with Crippen LogP contribution >= 0.6 is 0 Å². The second-order valence-electron chi connectivity index (χ2n) is 4.64. The van der Waals surface area contributed by atoms with Crippen LogP contribution in [0.3, 0.4) is 0 Å². The van der Waals surface area contributed by atoms with Crippen LogP contribution in [0.5, 0.6) is 0 Å². The van der Waals surface area contributed by atoms with Gasteiger partial charge in [0.1, 0.15) is 0 Å². The number of rotatable bonds is 6. The van der Waals surface area contributed by atoms with Crippen LogP contribution in [0.25, 0.3) is 0 Å². The van der Waals surface area contributed by atoms with Crippen LogP contribution in [0.2, 0.25) is 12.1 Å². The molecule has 4 N–H and O–H groups in total. The second kappa shape index (κ2) is 5.91. The molecule has 0 radical (unpaired) electrons. The Bertz CT molecular complexity index is 316. The number of halogens is 10. The van der Waals surface area contributed by atoms with Crippen molar-refractivity contribution >= 4 is 8.40 Å². The van der Waals surface area contributed by atoms with E-state index in [4.69, 9.17) is 10.8 Å². The highest BCUT2D eigenvalue weighted by Crippen LogP contribution is 2.42. The van der Waals surface area contributed by atoms with Gasteiger partial charge in [0.2, 0.25) is 0 Å². The maximum atomic E-state index is 12.6. The third-order valence-electron chi connectivity index (χ3n) is 2.64. The van der Waals surface area contributed by atoms with Crippen molar-refractivity contribution in [3.63, 3.8) is 0 Å². The van der Waals surface area contributed by atoms with Crippen molar-refractivity contribution in [1.82, 2.24) is 0 Å². The molecule has 0 saturated heterocycles. The Labute approximate surface area is 113 Å². The first-order valence-corrected chi connectivity index (χ1v) is 7.95. The van der Waals surface area contributed by atoms with Gasteiger partial charge >= 0.3 is 24.2 Å². The molecular formula is C8H12F10N2Si. The van der Waals surface area contributed by atoms with E-state index in [0.29, 0.717) is 0 Å². The summed E-state index contributed by atoms with van der Waals surface area (Å²) in [4.78, 5) is 0. The molecule has 0 amide bonds. The van der Waals surface area contributed by atoms with Crippen LogP contribution in [0.15, 0.2) is 0 Å². The number of alkyl halides is 10. The molecule has 0 aromatic heterocycles. The molecule has 0 aliphatic heterocycles. The van der Waals surface area contributed by atoms with Crippen molar-refractivity contribution < 1.29 is 43.9 Å². The maximum Gasteiger partial charge on any atom is 0.453 e. The van der Waals surface area contributed by atoms with E-state index in [-0.39, 0.29) is 0 Å². The van der Waals surface area contributed by atoms with Crippen molar-refractivity contribution in [1.29, 1.82) is 0 Å². The van der Waals surface area contributed by atoms with Crippen LogP contribution < -0.4 is 10.8 Å². The summed E-state index contributed by atoms with van der Waals surface area (Å²) in [5.74, 6) is -10.3. The standard InChI is InChI=1S/C8H12F10N2Si/c9-5(10,7(13,14)15)1-3-21(19,20)4-2-6(11,12)8(16,17)18/h1-4,19-20H2. The zero-order valence-electron chi connectivity index (χ0n) is 10.3. The van der Waals surface area contributed by atoms with E-state index < -0.39 is 57.5 Å². The molecule has 0 aromatic rings. The van der Waals surface area contributed by atoms with E-state index >= 15 is 0 Å². The third-order valence-corrected chi connectivity index (χ3v) is 5.00. The predicted octanol–water partition coefficient (Wildman–Crippen LogP) is 3.52. The molecule has 0 atom stereocenters. The van der Waals surface area contributed by atoms with Gasteiger partial charge in [-0.2, -0.15) is 43.9 Å². The topological polar surface area (TPSA) is 52.0 Å². The molecule has 0 heterocycles. The molecule has 128 valence electrons. The Hall–Kier alpha value is -0.563. The minimum atomic E-state index is -5.87. The van der Waals surface area contributed by atoms with E-state index in [1.165, 1.54) is 0 Å². The van der Waals surface area contributed by atoms with Crippen molar-refractivity contribution in [2.24, 2.45) is 10.8 Å². The fourth-order valence-corrected chi connectivity index (χ4v) is 3.00. The molecule has 13 heteroatoms. The summed E-state index contributed by atoms with van der Waals surface area (Å²) >= 11 is 0. The first-order chi connectivity index (χ1) is 8.91. The molecule has 0 bridgehead atoms. The van der Waals surface area contributed by atoms with Gasteiger partial charge in [-0.3, -0.25) is 0 Å². The van der Waals surface area contributed by atoms with Crippen LogP contribution in [-0.4, -0.2) is 32.6 Å².